The zero-order valence-electron chi connectivity index (χ0n) is 13.0. The molecular weight excluding hydrogens is 310 g/mol. The third kappa shape index (κ3) is 3.16. The second kappa shape index (κ2) is 6.63. The van der Waals surface area contributed by atoms with E-state index in [9.17, 15) is 0 Å². The first-order valence-corrected chi connectivity index (χ1v) is 9.07. The fourth-order valence-electron chi connectivity index (χ4n) is 3.31. The van der Waals surface area contributed by atoms with Gasteiger partial charge in [-0.1, -0.05) is 36.2 Å². The Kier molecular flexibility index (Phi) is 4.37. The van der Waals surface area contributed by atoms with E-state index in [1.54, 1.807) is 0 Å². The van der Waals surface area contributed by atoms with Crippen LogP contribution < -0.4 is 5.32 Å². The number of ether oxygens (including phenoxy) is 1. The molecule has 1 aromatic carbocycles. The summed E-state index contributed by atoms with van der Waals surface area (Å²) in [6, 6.07) is 10.5. The Labute approximate surface area is 140 Å². The smallest absolute Gasteiger partial charge is 0.243 e. The molecule has 1 atom stereocenters. The molecule has 6 heteroatoms. The van der Waals surface area contributed by atoms with Gasteiger partial charge in [-0.25, -0.2) is 0 Å². The number of benzene rings is 1. The summed E-state index contributed by atoms with van der Waals surface area (Å²) in [6.07, 6.45) is 4.59. The van der Waals surface area contributed by atoms with Gasteiger partial charge in [0.1, 0.15) is 0 Å². The minimum absolute atomic E-state index is 0.0430. The van der Waals surface area contributed by atoms with Gasteiger partial charge in [0.25, 0.3) is 0 Å². The van der Waals surface area contributed by atoms with Crippen LogP contribution in [0.5, 0.6) is 0 Å². The van der Waals surface area contributed by atoms with Crippen LogP contribution >= 0.6 is 11.8 Å². The van der Waals surface area contributed by atoms with Gasteiger partial charge < -0.3 is 14.6 Å². The number of thioether (sulfide) groups is 1. The zero-order chi connectivity index (χ0) is 15.5. The molecule has 1 saturated heterocycles. The van der Waals surface area contributed by atoms with Crippen molar-refractivity contribution in [2.75, 3.05) is 19.8 Å². The number of nitrogens with one attached hydrogen (secondary N) is 1. The van der Waals surface area contributed by atoms with E-state index in [2.05, 4.69) is 34.7 Å². The topological polar surface area (TPSA) is 60.2 Å². The quantitative estimate of drug-likeness (QED) is 0.928. The van der Waals surface area contributed by atoms with Crippen molar-refractivity contribution < 1.29 is 9.26 Å². The second-order valence-electron chi connectivity index (χ2n) is 6.16. The molecule has 1 saturated carbocycles. The van der Waals surface area contributed by atoms with Gasteiger partial charge in [-0.2, -0.15) is 4.98 Å². The molecule has 2 aliphatic rings. The molecule has 1 N–H and O–H groups in total. The number of hydrogen-bond acceptors (Lipinski definition) is 6. The fraction of sp³-hybridized carbons (Fsp3) is 0.529. The maximum Gasteiger partial charge on any atom is 0.243 e. The SMILES string of the molecule is c1ccc(SC2(c3nc(C4COCCN4)no3)CCCC2)cc1. The predicted molar refractivity (Wildman–Crippen MR) is 88.3 cm³/mol. The number of morpholine rings is 1. The van der Waals surface area contributed by atoms with Crippen molar-refractivity contribution in [2.24, 2.45) is 0 Å². The maximum absolute atomic E-state index is 5.70. The Hall–Kier alpha value is -1.37. The molecule has 0 radical (unpaired) electrons. The predicted octanol–water partition coefficient (Wildman–Crippen LogP) is 3.29. The summed E-state index contributed by atoms with van der Waals surface area (Å²) in [5, 5.41) is 7.61. The van der Waals surface area contributed by atoms with Crippen molar-refractivity contribution in [2.45, 2.75) is 41.4 Å². The van der Waals surface area contributed by atoms with Crippen LogP contribution in [0.25, 0.3) is 0 Å². The highest BCUT2D eigenvalue weighted by Gasteiger charge is 2.42. The van der Waals surface area contributed by atoms with Crippen LogP contribution in [0, 0.1) is 0 Å². The molecule has 1 aliphatic carbocycles. The van der Waals surface area contributed by atoms with Crippen LogP contribution in [0.15, 0.2) is 39.8 Å². The van der Waals surface area contributed by atoms with E-state index in [0.29, 0.717) is 6.61 Å². The van der Waals surface area contributed by atoms with Crippen molar-refractivity contribution >= 4 is 11.8 Å². The summed E-state index contributed by atoms with van der Waals surface area (Å²) in [7, 11) is 0. The van der Waals surface area contributed by atoms with Crippen LogP contribution in [0.2, 0.25) is 0 Å². The Bertz CT molecular complexity index is 634. The van der Waals surface area contributed by atoms with Gasteiger partial charge in [0.2, 0.25) is 5.89 Å². The average Bonchev–Trinajstić information content (AvgIpc) is 3.27. The Morgan fingerprint density at radius 3 is 2.74 bits per heavy atom. The van der Waals surface area contributed by atoms with Crippen LogP contribution in [0.1, 0.15) is 43.4 Å². The summed E-state index contributed by atoms with van der Waals surface area (Å²) in [4.78, 5) is 6.00. The Morgan fingerprint density at radius 1 is 1.17 bits per heavy atom. The van der Waals surface area contributed by atoms with Crippen LogP contribution in [-0.4, -0.2) is 29.9 Å². The van der Waals surface area contributed by atoms with Gasteiger partial charge in [-0.15, -0.1) is 11.8 Å². The van der Waals surface area contributed by atoms with Crippen LogP contribution in [0.3, 0.4) is 0 Å². The van der Waals surface area contributed by atoms with Gasteiger partial charge in [-0.3, -0.25) is 0 Å². The first-order valence-electron chi connectivity index (χ1n) is 8.25. The van der Waals surface area contributed by atoms with Crippen molar-refractivity contribution in [3.63, 3.8) is 0 Å². The van der Waals surface area contributed by atoms with Crippen molar-refractivity contribution in [1.29, 1.82) is 0 Å². The maximum atomic E-state index is 5.70. The molecule has 5 nitrogen and oxygen atoms in total. The lowest BCUT2D eigenvalue weighted by molar-refractivity contribution is 0.0734. The summed E-state index contributed by atoms with van der Waals surface area (Å²) in [5.41, 5.74) is 0. The molecule has 0 amide bonds. The van der Waals surface area contributed by atoms with Gasteiger partial charge in [-0.05, 0) is 25.0 Å². The van der Waals surface area contributed by atoms with Crippen LogP contribution in [-0.2, 0) is 9.48 Å². The molecule has 1 unspecified atom stereocenters. The molecule has 1 aromatic heterocycles. The van der Waals surface area contributed by atoms with E-state index < -0.39 is 0 Å². The van der Waals surface area contributed by atoms with E-state index in [1.807, 2.05) is 17.8 Å². The van der Waals surface area contributed by atoms with Gasteiger partial charge in [0.05, 0.1) is 24.0 Å². The highest BCUT2D eigenvalue weighted by molar-refractivity contribution is 8.00. The standard InChI is InChI=1S/C17H21N3O2S/c1-2-6-13(7-3-1)23-17(8-4-5-9-17)16-19-15(20-22-16)14-12-21-11-10-18-14/h1-3,6-7,14,18H,4-5,8-12H2. The highest BCUT2D eigenvalue weighted by atomic mass is 32.2. The second-order valence-corrected chi connectivity index (χ2v) is 7.61. The van der Waals surface area contributed by atoms with E-state index >= 15 is 0 Å². The van der Waals surface area contributed by atoms with Crippen molar-refractivity contribution in [1.82, 2.24) is 15.5 Å². The third-order valence-corrected chi connectivity index (χ3v) is 6.01. The molecular formula is C17H21N3O2S. The van der Waals surface area contributed by atoms with Gasteiger partial charge in [0.15, 0.2) is 5.82 Å². The lowest BCUT2D eigenvalue weighted by Crippen LogP contribution is -2.35. The molecule has 1 aliphatic heterocycles. The molecule has 23 heavy (non-hydrogen) atoms. The number of nitrogens with zero attached hydrogens (tertiary/aromatic N) is 2. The summed E-state index contributed by atoms with van der Waals surface area (Å²) < 4.78 is 11.1. The lowest BCUT2D eigenvalue weighted by atomic mass is 10.1. The molecule has 0 spiro atoms. The van der Waals surface area contributed by atoms with E-state index in [-0.39, 0.29) is 10.8 Å². The molecule has 4 rings (SSSR count). The monoisotopic (exact) mass is 331 g/mol. The fourth-order valence-corrected chi connectivity index (χ4v) is 4.72. The van der Waals surface area contributed by atoms with Gasteiger partial charge >= 0.3 is 0 Å². The molecule has 2 aromatic rings. The third-order valence-electron chi connectivity index (χ3n) is 4.53. The zero-order valence-corrected chi connectivity index (χ0v) is 13.8. The van der Waals surface area contributed by atoms with Crippen LogP contribution in [0.4, 0.5) is 0 Å². The Morgan fingerprint density at radius 2 is 2.00 bits per heavy atom. The van der Waals surface area contributed by atoms with E-state index in [0.717, 1.165) is 37.7 Å². The first kappa shape index (κ1) is 15.2. The van der Waals surface area contributed by atoms with Crippen molar-refractivity contribution in [3.8, 4) is 0 Å². The minimum atomic E-state index is -0.0812. The summed E-state index contributed by atoms with van der Waals surface area (Å²) >= 11 is 1.86. The van der Waals surface area contributed by atoms with Gasteiger partial charge in [0, 0.05) is 11.4 Å². The molecule has 0 bridgehead atoms. The molecule has 122 valence electrons. The molecule has 2 fully saturated rings. The lowest BCUT2D eigenvalue weighted by Gasteiger charge is -2.24. The largest absolute Gasteiger partial charge is 0.378 e. The highest BCUT2D eigenvalue weighted by Crippen LogP contribution is 2.52. The van der Waals surface area contributed by atoms with Crippen molar-refractivity contribution in [3.05, 3.63) is 42.0 Å². The van der Waals surface area contributed by atoms with E-state index in [1.165, 1.54) is 17.7 Å². The molecule has 2 heterocycles. The average molecular weight is 331 g/mol. The Balaban J connectivity index is 1.59. The number of rotatable bonds is 4. The number of hydrogen-bond donors (Lipinski definition) is 1. The minimum Gasteiger partial charge on any atom is -0.378 e. The summed E-state index contributed by atoms with van der Waals surface area (Å²) in [5.74, 6) is 1.49. The number of aromatic nitrogens is 2. The first-order chi connectivity index (χ1) is 11.4. The van der Waals surface area contributed by atoms with E-state index in [4.69, 9.17) is 14.2 Å². The normalized spacial score (nSPS) is 23.9. The summed E-state index contributed by atoms with van der Waals surface area (Å²) in [6.45, 7) is 2.19.